The van der Waals surface area contributed by atoms with Gasteiger partial charge >= 0.3 is 0 Å². The van der Waals surface area contributed by atoms with Crippen molar-refractivity contribution in [1.82, 2.24) is 9.47 Å². The van der Waals surface area contributed by atoms with Crippen molar-refractivity contribution in [3.63, 3.8) is 0 Å². The summed E-state index contributed by atoms with van der Waals surface area (Å²) in [6, 6.07) is 4.08. The van der Waals surface area contributed by atoms with Gasteiger partial charge in [-0.3, -0.25) is 4.79 Å². The number of pyridine rings is 1. The molecule has 1 aliphatic rings. The number of likely N-dealkylation sites (tertiary alicyclic amines) is 1. The monoisotopic (exact) mass is 206 g/mol. The van der Waals surface area contributed by atoms with Crippen molar-refractivity contribution >= 4 is 0 Å². The van der Waals surface area contributed by atoms with Gasteiger partial charge in [-0.1, -0.05) is 0 Å². The van der Waals surface area contributed by atoms with Crippen molar-refractivity contribution in [2.75, 3.05) is 20.1 Å². The molecule has 1 aromatic rings. The Bertz CT molecular complexity index is 397. The first kappa shape index (κ1) is 10.4. The molecule has 0 saturated carbocycles. The zero-order valence-electron chi connectivity index (χ0n) is 9.44. The van der Waals surface area contributed by atoms with Gasteiger partial charge in [0.2, 0.25) is 0 Å². The van der Waals surface area contributed by atoms with Gasteiger partial charge in [-0.05, 0) is 45.0 Å². The molecule has 3 nitrogen and oxygen atoms in total. The van der Waals surface area contributed by atoms with E-state index in [9.17, 15) is 4.79 Å². The number of rotatable bonds is 1. The van der Waals surface area contributed by atoms with Crippen LogP contribution in [0.5, 0.6) is 0 Å². The highest BCUT2D eigenvalue weighted by atomic mass is 16.1. The van der Waals surface area contributed by atoms with Gasteiger partial charge in [-0.25, -0.2) is 0 Å². The summed E-state index contributed by atoms with van der Waals surface area (Å²) in [6.07, 6.45) is 4.23. The van der Waals surface area contributed by atoms with Gasteiger partial charge in [-0.15, -0.1) is 0 Å². The summed E-state index contributed by atoms with van der Waals surface area (Å²) in [5, 5.41) is 0. The van der Waals surface area contributed by atoms with E-state index in [2.05, 4.69) is 11.9 Å². The molecule has 2 rings (SSSR count). The summed E-state index contributed by atoms with van der Waals surface area (Å²) in [5.74, 6) is 0. The number of hydrogen-bond acceptors (Lipinski definition) is 2. The molecule has 0 N–H and O–H groups in total. The van der Waals surface area contributed by atoms with Crippen molar-refractivity contribution < 1.29 is 0 Å². The van der Waals surface area contributed by atoms with E-state index in [-0.39, 0.29) is 5.56 Å². The quantitative estimate of drug-likeness (QED) is 0.694. The van der Waals surface area contributed by atoms with E-state index in [1.54, 1.807) is 6.07 Å². The van der Waals surface area contributed by atoms with Crippen LogP contribution < -0.4 is 5.56 Å². The highest BCUT2D eigenvalue weighted by molar-refractivity contribution is 5.09. The largest absolute Gasteiger partial charge is 0.311 e. The molecule has 0 bridgehead atoms. The van der Waals surface area contributed by atoms with Crippen LogP contribution in [0.1, 0.15) is 24.4 Å². The molecular formula is C12H18N2O. The lowest BCUT2D eigenvalue weighted by atomic mass is 10.1. The molecule has 2 heterocycles. The fourth-order valence-corrected chi connectivity index (χ4v) is 2.26. The van der Waals surface area contributed by atoms with E-state index in [0.29, 0.717) is 6.04 Å². The first-order valence-corrected chi connectivity index (χ1v) is 5.54. The Balaban J connectivity index is 2.25. The van der Waals surface area contributed by atoms with Crippen LogP contribution in [-0.4, -0.2) is 29.6 Å². The van der Waals surface area contributed by atoms with E-state index >= 15 is 0 Å². The lowest BCUT2D eigenvalue weighted by Crippen LogP contribution is -2.37. The summed E-state index contributed by atoms with van der Waals surface area (Å²) < 4.78 is 1.88. The van der Waals surface area contributed by atoms with Crippen molar-refractivity contribution in [3.05, 3.63) is 34.2 Å². The predicted molar refractivity (Wildman–Crippen MR) is 61.2 cm³/mol. The van der Waals surface area contributed by atoms with E-state index in [0.717, 1.165) is 25.1 Å². The van der Waals surface area contributed by atoms with E-state index in [1.807, 2.05) is 23.8 Å². The summed E-state index contributed by atoms with van der Waals surface area (Å²) in [6.45, 7) is 4.10. The Morgan fingerprint density at radius 2 is 2.27 bits per heavy atom. The van der Waals surface area contributed by atoms with Crippen LogP contribution in [0.2, 0.25) is 0 Å². The SMILES string of the molecule is Cc1ccn(C2CCCN(C)C2)c(=O)c1. The smallest absolute Gasteiger partial charge is 0.251 e. The fourth-order valence-electron chi connectivity index (χ4n) is 2.26. The summed E-state index contributed by atoms with van der Waals surface area (Å²) in [7, 11) is 2.12. The molecule has 1 aromatic heterocycles. The molecule has 1 atom stereocenters. The minimum Gasteiger partial charge on any atom is -0.311 e. The molecule has 0 radical (unpaired) electrons. The van der Waals surface area contributed by atoms with Crippen molar-refractivity contribution in [3.8, 4) is 0 Å². The minimum atomic E-state index is 0.135. The average molecular weight is 206 g/mol. The zero-order valence-corrected chi connectivity index (χ0v) is 9.44. The number of aromatic nitrogens is 1. The second-order valence-electron chi connectivity index (χ2n) is 4.51. The third-order valence-electron chi connectivity index (χ3n) is 3.10. The standard InChI is InChI=1S/C12H18N2O/c1-10-5-7-14(12(15)8-10)11-4-3-6-13(2)9-11/h5,7-8,11H,3-4,6,9H2,1-2H3. The van der Waals surface area contributed by atoms with Crippen LogP contribution >= 0.6 is 0 Å². The van der Waals surface area contributed by atoms with Crippen molar-refractivity contribution in [2.45, 2.75) is 25.8 Å². The topological polar surface area (TPSA) is 25.2 Å². The number of likely N-dealkylation sites (N-methyl/N-ethyl adjacent to an activating group) is 1. The van der Waals surface area contributed by atoms with Gasteiger partial charge in [-0.2, -0.15) is 0 Å². The van der Waals surface area contributed by atoms with Crippen molar-refractivity contribution in [1.29, 1.82) is 0 Å². The maximum absolute atomic E-state index is 11.8. The second-order valence-corrected chi connectivity index (χ2v) is 4.51. The third-order valence-corrected chi connectivity index (χ3v) is 3.10. The van der Waals surface area contributed by atoms with E-state index in [1.165, 1.54) is 6.42 Å². The molecule has 82 valence electrons. The second kappa shape index (κ2) is 4.19. The third kappa shape index (κ3) is 2.29. The summed E-state index contributed by atoms with van der Waals surface area (Å²) in [4.78, 5) is 14.1. The average Bonchev–Trinajstić information content (AvgIpc) is 2.17. The minimum absolute atomic E-state index is 0.135. The van der Waals surface area contributed by atoms with Crippen LogP contribution in [-0.2, 0) is 0 Å². The molecule has 15 heavy (non-hydrogen) atoms. The highest BCUT2D eigenvalue weighted by Crippen LogP contribution is 2.18. The van der Waals surface area contributed by atoms with Crippen LogP contribution in [0.25, 0.3) is 0 Å². The maximum atomic E-state index is 11.8. The van der Waals surface area contributed by atoms with Crippen LogP contribution in [0.15, 0.2) is 23.1 Å². The van der Waals surface area contributed by atoms with Crippen LogP contribution in [0.4, 0.5) is 0 Å². The Kier molecular flexibility index (Phi) is 2.91. The molecule has 0 amide bonds. The molecule has 1 unspecified atom stereocenters. The van der Waals surface area contributed by atoms with Gasteiger partial charge in [0.05, 0.1) is 0 Å². The Hall–Kier alpha value is -1.09. The number of aryl methyl sites for hydroxylation is 1. The maximum Gasteiger partial charge on any atom is 0.251 e. The molecular weight excluding hydrogens is 188 g/mol. The van der Waals surface area contributed by atoms with Gasteiger partial charge < -0.3 is 9.47 Å². The Morgan fingerprint density at radius 3 is 2.93 bits per heavy atom. The lowest BCUT2D eigenvalue weighted by Gasteiger charge is -2.30. The number of hydrogen-bond donors (Lipinski definition) is 0. The predicted octanol–water partition coefficient (Wildman–Crippen LogP) is 1.42. The highest BCUT2D eigenvalue weighted by Gasteiger charge is 2.18. The zero-order chi connectivity index (χ0) is 10.8. The number of nitrogens with zero attached hydrogens (tertiary/aromatic N) is 2. The Labute approximate surface area is 90.3 Å². The number of piperidine rings is 1. The molecule has 0 aliphatic carbocycles. The van der Waals surface area contributed by atoms with E-state index < -0.39 is 0 Å². The fraction of sp³-hybridized carbons (Fsp3) is 0.583. The summed E-state index contributed by atoms with van der Waals surface area (Å²) >= 11 is 0. The molecule has 0 aromatic carbocycles. The molecule has 0 spiro atoms. The van der Waals surface area contributed by atoms with Gasteiger partial charge in [0.25, 0.3) is 5.56 Å². The van der Waals surface area contributed by atoms with Crippen LogP contribution in [0.3, 0.4) is 0 Å². The molecule has 1 aliphatic heterocycles. The molecule has 3 heteroatoms. The van der Waals surface area contributed by atoms with Gasteiger partial charge in [0, 0.05) is 24.8 Å². The molecule has 1 saturated heterocycles. The Morgan fingerprint density at radius 1 is 1.47 bits per heavy atom. The van der Waals surface area contributed by atoms with E-state index in [4.69, 9.17) is 0 Å². The van der Waals surface area contributed by atoms with Crippen LogP contribution in [0, 0.1) is 6.92 Å². The first-order chi connectivity index (χ1) is 7.16. The lowest BCUT2D eigenvalue weighted by molar-refractivity contribution is 0.209. The van der Waals surface area contributed by atoms with Gasteiger partial charge in [0.1, 0.15) is 0 Å². The first-order valence-electron chi connectivity index (χ1n) is 5.54. The van der Waals surface area contributed by atoms with Crippen molar-refractivity contribution in [2.24, 2.45) is 0 Å². The molecule has 1 fully saturated rings. The summed E-state index contributed by atoms with van der Waals surface area (Å²) in [5.41, 5.74) is 1.18. The normalized spacial score (nSPS) is 22.9. The van der Waals surface area contributed by atoms with Gasteiger partial charge in [0.15, 0.2) is 0 Å².